The number of hydrogen-bond acceptors (Lipinski definition) is 4. The van der Waals surface area contributed by atoms with Crippen LogP contribution < -0.4 is 10.2 Å². The van der Waals surface area contributed by atoms with E-state index in [0.29, 0.717) is 26.2 Å². The van der Waals surface area contributed by atoms with E-state index >= 15 is 0 Å². The number of carbonyl (C=O) groups is 1. The number of amides is 2. The van der Waals surface area contributed by atoms with Gasteiger partial charge < -0.3 is 19.7 Å². The van der Waals surface area contributed by atoms with Gasteiger partial charge in [0.2, 0.25) is 0 Å². The molecule has 28 heavy (non-hydrogen) atoms. The molecule has 0 unspecified atom stereocenters. The first kappa shape index (κ1) is 17.9. The molecule has 144 valence electrons. The summed E-state index contributed by atoms with van der Waals surface area (Å²) < 4.78 is 28.2. The minimum atomic E-state index is -0.995. The molecule has 1 saturated heterocycles. The zero-order valence-corrected chi connectivity index (χ0v) is 14.9. The summed E-state index contributed by atoms with van der Waals surface area (Å²) in [7, 11) is 0. The van der Waals surface area contributed by atoms with E-state index in [0.717, 1.165) is 23.8 Å². The number of nitrogens with zero attached hydrogens (tertiary/aromatic N) is 5. The Labute approximate surface area is 160 Å². The van der Waals surface area contributed by atoms with Crippen LogP contribution in [0, 0.1) is 11.6 Å². The van der Waals surface area contributed by atoms with Gasteiger partial charge in [0, 0.05) is 56.4 Å². The SMILES string of the molecule is O=C(Nc1ccc(F)c(F)c1)N1CCN(c2cc(-n3cccc3)ncn2)CC1. The van der Waals surface area contributed by atoms with Crippen molar-refractivity contribution in [2.24, 2.45) is 0 Å². The van der Waals surface area contributed by atoms with Gasteiger partial charge >= 0.3 is 6.03 Å². The van der Waals surface area contributed by atoms with Gasteiger partial charge in [-0.25, -0.2) is 23.5 Å². The number of halogens is 2. The molecule has 1 fully saturated rings. The first-order valence-corrected chi connectivity index (χ1v) is 8.81. The first-order chi connectivity index (χ1) is 13.6. The highest BCUT2D eigenvalue weighted by molar-refractivity contribution is 5.89. The van der Waals surface area contributed by atoms with Crippen LogP contribution in [0.2, 0.25) is 0 Å². The van der Waals surface area contributed by atoms with Crippen molar-refractivity contribution < 1.29 is 13.6 Å². The molecular formula is C19H18F2N6O. The molecule has 2 aromatic heterocycles. The Hall–Kier alpha value is -3.49. The number of piperazine rings is 1. The van der Waals surface area contributed by atoms with Crippen LogP contribution in [0.4, 0.5) is 25.1 Å². The Morgan fingerprint density at radius 3 is 2.36 bits per heavy atom. The smallest absolute Gasteiger partial charge is 0.321 e. The van der Waals surface area contributed by atoms with Gasteiger partial charge in [0.15, 0.2) is 11.6 Å². The molecular weight excluding hydrogens is 366 g/mol. The van der Waals surface area contributed by atoms with Crippen LogP contribution in [0.15, 0.2) is 55.1 Å². The van der Waals surface area contributed by atoms with Crippen molar-refractivity contribution in [3.8, 4) is 5.82 Å². The number of urea groups is 1. The predicted molar refractivity (Wildman–Crippen MR) is 101 cm³/mol. The number of anilines is 2. The van der Waals surface area contributed by atoms with Gasteiger partial charge in [0.1, 0.15) is 18.0 Å². The van der Waals surface area contributed by atoms with Crippen LogP contribution in [0.5, 0.6) is 0 Å². The molecule has 1 N–H and O–H groups in total. The molecule has 0 bridgehead atoms. The highest BCUT2D eigenvalue weighted by Gasteiger charge is 2.22. The lowest BCUT2D eigenvalue weighted by Crippen LogP contribution is -2.50. The van der Waals surface area contributed by atoms with Crippen molar-refractivity contribution in [2.45, 2.75) is 0 Å². The van der Waals surface area contributed by atoms with Gasteiger partial charge in [0.25, 0.3) is 0 Å². The quantitative estimate of drug-likeness (QED) is 0.754. The molecule has 4 rings (SSSR count). The Kier molecular flexibility index (Phi) is 4.88. The highest BCUT2D eigenvalue weighted by atomic mass is 19.2. The minimum Gasteiger partial charge on any atom is -0.353 e. The molecule has 7 nitrogen and oxygen atoms in total. The summed E-state index contributed by atoms with van der Waals surface area (Å²) in [5.41, 5.74) is 0.221. The topological polar surface area (TPSA) is 66.3 Å². The van der Waals surface area contributed by atoms with Crippen molar-refractivity contribution in [1.29, 1.82) is 0 Å². The monoisotopic (exact) mass is 384 g/mol. The van der Waals surface area contributed by atoms with Gasteiger partial charge in [-0.3, -0.25) is 0 Å². The van der Waals surface area contributed by atoms with E-state index in [4.69, 9.17) is 0 Å². The molecule has 0 saturated carbocycles. The van der Waals surface area contributed by atoms with E-state index < -0.39 is 11.6 Å². The predicted octanol–water partition coefficient (Wildman–Crippen LogP) is 2.90. The van der Waals surface area contributed by atoms with Gasteiger partial charge in [0.05, 0.1) is 0 Å². The lowest BCUT2D eigenvalue weighted by molar-refractivity contribution is 0.208. The molecule has 1 aromatic carbocycles. The standard InChI is InChI=1S/C19H18F2N6O/c20-15-4-3-14(11-16(15)21)24-19(28)27-9-7-26(8-10-27)18-12-17(22-13-23-18)25-5-1-2-6-25/h1-6,11-13H,7-10H2,(H,24,28). The maximum Gasteiger partial charge on any atom is 0.321 e. The van der Waals surface area contributed by atoms with E-state index in [1.54, 1.807) is 4.90 Å². The third kappa shape index (κ3) is 3.78. The second-order valence-electron chi connectivity index (χ2n) is 6.36. The summed E-state index contributed by atoms with van der Waals surface area (Å²) in [6.07, 6.45) is 5.34. The fourth-order valence-corrected chi connectivity index (χ4v) is 3.05. The molecule has 1 aliphatic rings. The Bertz CT molecular complexity index is 970. The van der Waals surface area contributed by atoms with E-state index in [9.17, 15) is 13.6 Å². The van der Waals surface area contributed by atoms with Gasteiger partial charge in [-0.2, -0.15) is 0 Å². The largest absolute Gasteiger partial charge is 0.353 e. The summed E-state index contributed by atoms with van der Waals surface area (Å²) in [4.78, 5) is 24.7. The maximum absolute atomic E-state index is 13.3. The van der Waals surface area contributed by atoms with Crippen molar-refractivity contribution in [2.75, 3.05) is 36.4 Å². The summed E-state index contributed by atoms with van der Waals surface area (Å²) in [6, 6.07) is 8.68. The third-order valence-corrected chi connectivity index (χ3v) is 4.57. The first-order valence-electron chi connectivity index (χ1n) is 8.81. The van der Waals surface area contributed by atoms with Crippen LogP contribution in [-0.4, -0.2) is 51.6 Å². The summed E-state index contributed by atoms with van der Waals surface area (Å²) in [5, 5.41) is 2.59. The molecule has 2 amide bonds. The highest BCUT2D eigenvalue weighted by Crippen LogP contribution is 2.18. The summed E-state index contributed by atoms with van der Waals surface area (Å²) >= 11 is 0. The van der Waals surface area contributed by atoms with Crippen LogP contribution in [-0.2, 0) is 0 Å². The molecule has 9 heteroatoms. The molecule has 3 aromatic rings. The fourth-order valence-electron chi connectivity index (χ4n) is 3.05. The summed E-state index contributed by atoms with van der Waals surface area (Å²) in [5.74, 6) is -0.381. The number of aromatic nitrogens is 3. The van der Waals surface area contributed by atoms with E-state index in [-0.39, 0.29) is 11.7 Å². The Balaban J connectivity index is 1.37. The summed E-state index contributed by atoms with van der Waals surface area (Å²) in [6.45, 7) is 2.18. The zero-order chi connectivity index (χ0) is 19.5. The van der Waals surface area contributed by atoms with E-state index in [2.05, 4.69) is 20.2 Å². The molecule has 0 aliphatic carbocycles. The van der Waals surface area contributed by atoms with Crippen molar-refractivity contribution in [3.05, 3.63) is 66.8 Å². The van der Waals surface area contributed by atoms with Crippen molar-refractivity contribution in [1.82, 2.24) is 19.4 Å². The second kappa shape index (κ2) is 7.63. The lowest BCUT2D eigenvalue weighted by Gasteiger charge is -2.35. The average molecular weight is 384 g/mol. The number of hydrogen-bond donors (Lipinski definition) is 1. The van der Waals surface area contributed by atoms with E-state index in [1.807, 2.05) is 35.2 Å². The molecule has 3 heterocycles. The Morgan fingerprint density at radius 1 is 0.929 bits per heavy atom. The van der Waals surface area contributed by atoms with Crippen LogP contribution in [0.25, 0.3) is 5.82 Å². The number of rotatable bonds is 3. The van der Waals surface area contributed by atoms with Crippen molar-refractivity contribution >= 4 is 17.5 Å². The number of carbonyl (C=O) groups excluding carboxylic acids is 1. The normalized spacial score (nSPS) is 14.2. The Morgan fingerprint density at radius 2 is 1.64 bits per heavy atom. The lowest BCUT2D eigenvalue weighted by atomic mass is 10.3. The van der Waals surface area contributed by atoms with Crippen LogP contribution in [0.3, 0.4) is 0 Å². The maximum atomic E-state index is 13.3. The van der Waals surface area contributed by atoms with Crippen molar-refractivity contribution in [3.63, 3.8) is 0 Å². The third-order valence-electron chi connectivity index (χ3n) is 4.57. The molecule has 0 radical (unpaired) electrons. The van der Waals surface area contributed by atoms with Gasteiger partial charge in [-0.15, -0.1) is 0 Å². The molecule has 0 spiro atoms. The zero-order valence-electron chi connectivity index (χ0n) is 14.9. The van der Waals surface area contributed by atoms with Gasteiger partial charge in [-0.05, 0) is 24.3 Å². The average Bonchev–Trinajstić information content (AvgIpc) is 3.26. The van der Waals surface area contributed by atoms with Crippen LogP contribution in [0.1, 0.15) is 0 Å². The fraction of sp³-hybridized carbons (Fsp3) is 0.211. The molecule has 1 aliphatic heterocycles. The minimum absolute atomic E-state index is 0.221. The number of benzene rings is 1. The molecule has 0 atom stereocenters. The number of nitrogens with one attached hydrogen (secondary N) is 1. The van der Waals surface area contributed by atoms with Gasteiger partial charge in [-0.1, -0.05) is 0 Å². The van der Waals surface area contributed by atoms with Crippen LogP contribution >= 0.6 is 0 Å². The van der Waals surface area contributed by atoms with E-state index in [1.165, 1.54) is 12.4 Å². The second-order valence-corrected chi connectivity index (χ2v) is 6.36.